The van der Waals surface area contributed by atoms with Crippen LogP contribution in [0.1, 0.15) is 12.0 Å². The highest BCUT2D eigenvalue weighted by atomic mass is 32.2. The van der Waals surface area contributed by atoms with E-state index < -0.39 is 10.0 Å². The molecule has 1 heterocycles. The van der Waals surface area contributed by atoms with Gasteiger partial charge in [0.05, 0.1) is 17.4 Å². The van der Waals surface area contributed by atoms with Gasteiger partial charge in [-0.1, -0.05) is 12.1 Å². The molecule has 2 aromatic rings. The highest BCUT2D eigenvalue weighted by Crippen LogP contribution is 2.32. The summed E-state index contributed by atoms with van der Waals surface area (Å²) >= 11 is 0. The summed E-state index contributed by atoms with van der Waals surface area (Å²) in [6.45, 7) is 0.740. The molecule has 0 aliphatic carbocycles. The van der Waals surface area contributed by atoms with Gasteiger partial charge in [0, 0.05) is 24.7 Å². The van der Waals surface area contributed by atoms with Gasteiger partial charge in [-0.2, -0.15) is 5.26 Å². The lowest BCUT2D eigenvalue weighted by Gasteiger charge is -2.18. The van der Waals surface area contributed by atoms with Crippen molar-refractivity contribution in [1.82, 2.24) is 4.72 Å². The van der Waals surface area contributed by atoms with Crippen molar-refractivity contribution in [2.45, 2.75) is 17.7 Å². The van der Waals surface area contributed by atoms with Crippen LogP contribution in [0.3, 0.4) is 0 Å². The van der Waals surface area contributed by atoms with E-state index >= 15 is 0 Å². The van der Waals surface area contributed by atoms with Crippen molar-refractivity contribution in [3.8, 4) is 17.6 Å². The van der Waals surface area contributed by atoms with Crippen molar-refractivity contribution in [3.63, 3.8) is 0 Å². The number of nitrogens with one attached hydrogen (secondary N) is 2. The summed E-state index contributed by atoms with van der Waals surface area (Å²) in [5.74, 6) is 0.565. The van der Waals surface area contributed by atoms with Crippen LogP contribution < -0.4 is 19.5 Å². The third-order valence-electron chi connectivity index (χ3n) is 3.99. The van der Waals surface area contributed by atoms with Crippen molar-refractivity contribution in [1.29, 1.82) is 5.26 Å². The summed E-state index contributed by atoms with van der Waals surface area (Å²) < 4.78 is 38.0. The zero-order valence-electron chi connectivity index (χ0n) is 15.0. The van der Waals surface area contributed by atoms with Gasteiger partial charge >= 0.3 is 0 Å². The molecular weight excluding hydrogens is 382 g/mol. The van der Waals surface area contributed by atoms with Gasteiger partial charge in [0.1, 0.15) is 13.2 Å². The maximum absolute atomic E-state index is 12.4. The van der Waals surface area contributed by atoms with Crippen LogP contribution in [0.5, 0.6) is 11.5 Å². The fraction of sp³-hybridized carbons (Fsp3) is 0.263. The van der Waals surface area contributed by atoms with Gasteiger partial charge in [-0.25, -0.2) is 13.1 Å². The van der Waals surface area contributed by atoms with Crippen molar-refractivity contribution < 1.29 is 22.7 Å². The maximum Gasteiger partial charge on any atom is 0.240 e. The second-order valence-electron chi connectivity index (χ2n) is 6.03. The number of anilines is 1. The molecule has 0 atom stereocenters. The molecule has 0 fully saturated rings. The number of carbonyl (C=O) groups excluding carboxylic acids is 1. The van der Waals surface area contributed by atoms with Crippen molar-refractivity contribution in [3.05, 3.63) is 48.0 Å². The molecule has 1 amide bonds. The summed E-state index contributed by atoms with van der Waals surface area (Å²) in [4.78, 5) is 12.0. The molecule has 0 unspecified atom stereocenters. The second kappa shape index (κ2) is 8.73. The molecule has 0 saturated carbocycles. The van der Waals surface area contributed by atoms with Crippen LogP contribution in [-0.4, -0.2) is 34.1 Å². The number of benzene rings is 2. The summed E-state index contributed by atoms with van der Waals surface area (Å²) in [5, 5.41) is 11.3. The number of sulfonamides is 1. The van der Waals surface area contributed by atoms with Crippen LogP contribution >= 0.6 is 0 Å². The lowest BCUT2D eigenvalue weighted by molar-refractivity contribution is -0.116. The van der Waals surface area contributed by atoms with Crippen molar-refractivity contribution >= 4 is 21.6 Å². The highest BCUT2D eigenvalue weighted by molar-refractivity contribution is 7.89. The molecule has 2 N–H and O–H groups in total. The monoisotopic (exact) mass is 401 g/mol. The molecule has 28 heavy (non-hydrogen) atoms. The van der Waals surface area contributed by atoms with E-state index in [1.807, 2.05) is 6.07 Å². The molecular formula is C19H19N3O5S. The van der Waals surface area contributed by atoms with Gasteiger partial charge in [-0.3, -0.25) is 4.79 Å². The molecule has 0 spiro atoms. The highest BCUT2D eigenvalue weighted by Gasteiger charge is 2.19. The Morgan fingerprint density at radius 1 is 1.07 bits per heavy atom. The number of carbonyl (C=O) groups is 1. The third kappa shape index (κ3) is 5.00. The lowest BCUT2D eigenvalue weighted by atomic mass is 10.1. The van der Waals surface area contributed by atoms with Gasteiger partial charge < -0.3 is 14.8 Å². The molecule has 0 saturated heterocycles. The Morgan fingerprint density at radius 3 is 2.50 bits per heavy atom. The summed E-state index contributed by atoms with van der Waals surface area (Å²) in [6.07, 6.45) is 0.277. The largest absolute Gasteiger partial charge is 0.486 e. The Labute approximate surface area is 163 Å². The quantitative estimate of drug-likeness (QED) is 0.731. The molecule has 1 aliphatic rings. The minimum Gasteiger partial charge on any atom is -0.486 e. The van der Waals surface area contributed by atoms with E-state index in [2.05, 4.69) is 10.0 Å². The topological polar surface area (TPSA) is 118 Å². The van der Waals surface area contributed by atoms with Crippen LogP contribution in [-0.2, 0) is 21.2 Å². The van der Waals surface area contributed by atoms with Crippen LogP contribution in [0.15, 0.2) is 47.4 Å². The van der Waals surface area contributed by atoms with Crippen molar-refractivity contribution in [2.24, 2.45) is 0 Å². The Morgan fingerprint density at radius 2 is 1.79 bits per heavy atom. The first kappa shape index (κ1) is 19.7. The van der Waals surface area contributed by atoms with E-state index in [0.717, 1.165) is 5.56 Å². The number of rotatable bonds is 7. The average Bonchev–Trinajstić information content (AvgIpc) is 2.69. The van der Waals surface area contributed by atoms with Crippen LogP contribution in [0, 0.1) is 11.3 Å². The van der Waals surface area contributed by atoms with Crippen LogP contribution in [0.25, 0.3) is 0 Å². The second-order valence-corrected chi connectivity index (χ2v) is 7.80. The van der Waals surface area contributed by atoms with Gasteiger partial charge in [0.25, 0.3) is 0 Å². The van der Waals surface area contributed by atoms with Gasteiger partial charge in [-0.15, -0.1) is 0 Å². The smallest absolute Gasteiger partial charge is 0.240 e. The molecule has 0 aromatic heterocycles. The molecule has 2 aromatic carbocycles. The summed E-state index contributed by atoms with van der Waals surface area (Å²) in [7, 11) is -3.77. The Kier molecular flexibility index (Phi) is 6.13. The fourth-order valence-corrected chi connectivity index (χ4v) is 3.64. The van der Waals surface area contributed by atoms with E-state index in [1.54, 1.807) is 30.3 Å². The van der Waals surface area contributed by atoms with E-state index in [0.29, 0.717) is 36.8 Å². The minimum absolute atomic E-state index is 0.0241. The number of fused-ring (bicyclic) bond motifs is 1. The normalized spacial score (nSPS) is 12.8. The predicted molar refractivity (Wildman–Crippen MR) is 102 cm³/mol. The first-order valence-electron chi connectivity index (χ1n) is 8.63. The van der Waals surface area contributed by atoms with E-state index in [-0.39, 0.29) is 23.8 Å². The molecule has 0 bridgehead atoms. The Hall–Kier alpha value is -3.09. The molecule has 9 heteroatoms. The average molecular weight is 401 g/mol. The molecule has 0 radical (unpaired) electrons. The molecule has 1 aliphatic heterocycles. The number of nitrogens with zero attached hydrogens (tertiary/aromatic N) is 1. The number of nitriles is 1. The number of ether oxygens (including phenoxy) is 2. The number of hydrogen-bond donors (Lipinski definition) is 2. The zero-order chi connectivity index (χ0) is 20.0. The summed E-state index contributed by atoms with van der Waals surface area (Å²) in [6, 6.07) is 13.3. The molecule has 3 rings (SSSR count). The molecule has 146 valence electrons. The lowest BCUT2D eigenvalue weighted by Crippen LogP contribution is -2.28. The SMILES string of the molecule is N#CCc1ccc(NC(=O)CCNS(=O)(=O)c2ccc3c(c2)OCCO3)cc1. The summed E-state index contributed by atoms with van der Waals surface area (Å²) in [5.41, 5.74) is 1.44. The number of hydrogen-bond acceptors (Lipinski definition) is 6. The van der Waals surface area contributed by atoms with Gasteiger partial charge in [0.2, 0.25) is 15.9 Å². The Balaban J connectivity index is 1.52. The first-order valence-corrected chi connectivity index (χ1v) is 10.1. The standard InChI is InChI=1S/C19H19N3O5S/c20-9-7-14-1-3-15(4-2-14)22-19(23)8-10-21-28(24,25)16-5-6-17-18(13-16)27-12-11-26-17/h1-6,13,21H,7-8,10-12H2,(H,22,23). The van der Waals surface area contributed by atoms with Crippen molar-refractivity contribution in [2.75, 3.05) is 25.1 Å². The van der Waals surface area contributed by atoms with Gasteiger partial charge in [0.15, 0.2) is 11.5 Å². The van der Waals surface area contributed by atoms with Gasteiger partial charge in [-0.05, 0) is 29.8 Å². The zero-order valence-corrected chi connectivity index (χ0v) is 15.8. The van der Waals surface area contributed by atoms with Crippen LogP contribution in [0.4, 0.5) is 5.69 Å². The number of amides is 1. The first-order chi connectivity index (χ1) is 13.5. The van der Waals surface area contributed by atoms with E-state index in [1.165, 1.54) is 12.1 Å². The molecule has 8 nitrogen and oxygen atoms in total. The van der Waals surface area contributed by atoms with E-state index in [4.69, 9.17) is 14.7 Å². The Bertz CT molecular complexity index is 997. The van der Waals surface area contributed by atoms with Crippen LogP contribution in [0.2, 0.25) is 0 Å². The predicted octanol–water partition coefficient (Wildman–Crippen LogP) is 1.83. The third-order valence-corrected chi connectivity index (χ3v) is 5.45. The maximum atomic E-state index is 12.4. The minimum atomic E-state index is -3.77. The fourth-order valence-electron chi connectivity index (χ4n) is 2.59. The van der Waals surface area contributed by atoms with E-state index in [9.17, 15) is 13.2 Å².